The monoisotopic (exact) mass is 360 g/mol. The number of hydrogen-bond acceptors (Lipinski definition) is 4. The number of carbonyl (C=O) groups excluding carboxylic acids is 1. The number of aromatic hydroxyl groups is 1. The van der Waals surface area contributed by atoms with Crippen molar-refractivity contribution in [1.82, 2.24) is 0 Å². The molecule has 27 heavy (non-hydrogen) atoms. The van der Waals surface area contributed by atoms with Crippen molar-refractivity contribution < 1.29 is 19.4 Å². The lowest BCUT2D eigenvalue weighted by atomic mass is 9.86. The van der Waals surface area contributed by atoms with Crippen LogP contribution in [0, 0.1) is 13.8 Å². The summed E-state index contributed by atoms with van der Waals surface area (Å²) >= 11 is 0. The van der Waals surface area contributed by atoms with Gasteiger partial charge in [0.1, 0.15) is 23.0 Å². The molecule has 4 rings (SSSR count). The summed E-state index contributed by atoms with van der Waals surface area (Å²) in [6.07, 6.45) is 0.273. The molecule has 0 fully saturated rings. The van der Waals surface area contributed by atoms with Gasteiger partial charge in [-0.2, -0.15) is 0 Å². The van der Waals surface area contributed by atoms with Gasteiger partial charge < -0.3 is 14.6 Å². The third-order valence-electron chi connectivity index (χ3n) is 5.03. The van der Waals surface area contributed by atoms with Gasteiger partial charge in [-0.25, -0.2) is 0 Å². The Morgan fingerprint density at radius 1 is 1.04 bits per heavy atom. The first-order valence-electron chi connectivity index (χ1n) is 8.89. The van der Waals surface area contributed by atoms with Crippen LogP contribution in [0.3, 0.4) is 0 Å². The molecular weight excluding hydrogens is 340 g/mol. The van der Waals surface area contributed by atoms with Crippen LogP contribution in [0.4, 0.5) is 0 Å². The summed E-state index contributed by atoms with van der Waals surface area (Å²) < 4.78 is 11.3. The quantitative estimate of drug-likeness (QED) is 0.512. The molecular formula is C23H20O4. The van der Waals surface area contributed by atoms with E-state index in [1.54, 1.807) is 6.07 Å². The maximum absolute atomic E-state index is 12.0. The highest BCUT2D eigenvalue weighted by molar-refractivity contribution is 5.78. The van der Waals surface area contributed by atoms with E-state index in [-0.39, 0.29) is 24.1 Å². The average molecular weight is 360 g/mol. The SMILES string of the molecule is Cc1cccc(Oc2ccc(C3CC(=O)Oc4cc(O)ccc43)cc2)c1C. The Balaban J connectivity index is 1.61. The number of esters is 1. The van der Waals surface area contributed by atoms with Gasteiger partial charge in [-0.1, -0.05) is 30.3 Å². The van der Waals surface area contributed by atoms with E-state index >= 15 is 0 Å². The van der Waals surface area contributed by atoms with Gasteiger partial charge in [-0.15, -0.1) is 0 Å². The number of benzene rings is 3. The first-order chi connectivity index (χ1) is 13.0. The first-order valence-corrected chi connectivity index (χ1v) is 8.89. The molecule has 3 aromatic rings. The molecule has 1 unspecified atom stereocenters. The number of rotatable bonds is 3. The molecule has 0 aromatic heterocycles. The van der Waals surface area contributed by atoms with Crippen LogP contribution in [-0.2, 0) is 4.79 Å². The first kappa shape index (κ1) is 17.2. The molecule has 136 valence electrons. The van der Waals surface area contributed by atoms with E-state index in [0.29, 0.717) is 5.75 Å². The molecule has 0 saturated heterocycles. The fourth-order valence-corrected chi connectivity index (χ4v) is 3.37. The van der Waals surface area contributed by atoms with Crippen molar-refractivity contribution in [2.45, 2.75) is 26.2 Å². The van der Waals surface area contributed by atoms with Crippen LogP contribution in [0.5, 0.6) is 23.0 Å². The van der Waals surface area contributed by atoms with Crippen molar-refractivity contribution in [3.8, 4) is 23.0 Å². The zero-order valence-corrected chi connectivity index (χ0v) is 15.2. The summed E-state index contributed by atoms with van der Waals surface area (Å²) in [6, 6.07) is 18.7. The summed E-state index contributed by atoms with van der Waals surface area (Å²) in [6.45, 7) is 4.10. The summed E-state index contributed by atoms with van der Waals surface area (Å²) in [7, 11) is 0. The van der Waals surface area contributed by atoms with Gasteiger partial charge in [0.2, 0.25) is 0 Å². The Hall–Kier alpha value is -3.27. The molecule has 1 aliphatic heterocycles. The lowest BCUT2D eigenvalue weighted by Gasteiger charge is -2.25. The third-order valence-corrected chi connectivity index (χ3v) is 5.03. The van der Waals surface area contributed by atoms with Crippen molar-refractivity contribution >= 4 is 5.97 Å². The highest BCUT2D eigenvalue weighted by Crippen LogP contribution is 2.40. The van der Waals surface area contributed by atoms with E-state index in [0.717, 1.165) is 28.2 Å². The highest BCUT2D eigenvalue weighted by atomic mass is 16.5. The predicted octanol–water partition coefficient (Wildman–Crippen LogP) is 5.24. The molecule has 4 heteroatoms. The maximum atomic E-state index is 12.0. The molecule has 3 aromatic carbocycles. The number of fused-ring (bicyclic) bond motifs is 1. The number of phenols is 1. The van der Waals surface area contributed by atoms with E-state index in [1.807, 2.05) is 49.4 Å². The minimum absolute atomic E-state index is 0.0828. The summed E-state index contributed by atoms with van der Waals surface area (Å²) in [5.41, 5.74) is 4.21. The Morgan fingerprint density at radius 2 is 1.81 bits per heavy atom. The van der Waals surface area contributed by atoms with Crippen LogP contribution in [-0.4, -0.2) is 11.1 Å². The van der Waals surface area contributed by atoms with Crippen molar-refractivity contribution in [2.24, 2.45) is 0 Å². The second kappa shape index (κ2) is 6.80. The van der Waals surface area contributed by atoms with Gasteiger partial charge in [-0.05, 0) is 54.8 Å². The smallest absolute Gasteiger partial charge is 0.312 e. The van der Waals surface area contributed by atoms with Gasteiger partial charge in [-0.3, -0.25) is 4.79 Å². The van der Waals surface area contributed by atoms with Crippen LogP contribution in [0.1, 0.15) is 34.6 Å². The van der Waals surface area contributed by atoms with E-state index in [1.165, 1.54) is 11.6 Å². The van der Waals surface area contributed by atoms with Gasteiger partial charge in [0.15, 0.2) is 0 Å². The van der Waals surface area contributed by atoms with Gasteiger partial charge in [0, 0.05) is 17.5 Å². The lowest BCUT2D eigenvalue weighted by Crippen LogP contribution is -2.20. The molecule has 1 N–H and O–H groups in total. The highest BCUT2D eigenvalue weighted by Gasteiger charge is 2.28. The normalized spacial score (nSPS) is 15.8. The van der Waals surface area contributed by atoms with Gasteiger partial charge in [0.05, 0.1) is 6.42 Å². The molecule has 0 bridgehead atoms. The lowest BCUT2D eigenvalue weighted by molar-refractivity contribution is -0.135. The fraction of sp³-hybridized carbons (Fsp3) is 0.174. The maximum Gasteiger partial charge on any atom is 0.312 e. The predicted molar refractivity (Wildman–Crippen MR) is 103 cm³/mol. The second-order valence-electron chi connectivity index (χ2n) is 6.82. The molecule has 0 amide bonds. The topological polar surface area (TPSA) is 55.8 Å². The summed E-state index contributed by atoms with van der Waals surface area (Å²) in [5.74, 6) is 1.69. The Morgan fingerprint density at radius 3 is 2.59 bits per heavy atom. The molecule has 0 radical (unpaired) electrons. The fourth-order valence-electron chi connectivity index (χ4n) is 3.37. The molecule has 0 spiro atoms. The Labute approximate surface area is 158 Å². The number of phenolic OH excluding ortho intramolecular Hbond substituents is 1. The number of aryl methyl sites for hydroxylation is 1. The van der Waals surface area contributed by atoms with Crippen LogP contribution < -0.4 is 9.47 Å². The molecule has 1 aliphatic rings. The number of hydrogen-bond donors (Lipinski definition) is 1. The zero-order valence-electron chi connectivity index (χ0n) is 15.2. The Bertz CT molecular complexity index is 1010. The van der Waals surface area contributed by atoms with Crippen molar-refractivity contribution in [1.29, 1.82) is 0 Å². The van der Waals surface area contributed by atoms with E-state index in [9.17, 15) is 9.90 Å². The number of carbonyl (C=O) groups is 1. The van der Waals surface area contributed by atoms with Crippen LogP contribution in [0.25, 0.3) is 0 Å². The molecule has 1 heterocycles. The largest absolute Gasteiger partial charge is 0.508 e. The third kappa shape index (κ3) is 3.38. The van der Waals surface area contributed by atoms with Crippen molar-refractivity contribution in [3.63, 3.8) is 0 Å². The minimum atomic E-state index is -0.297. The Kier molecular flexibility index (Phi) is 4.32. The van der Waals surface area contributed by atoms with Crippen LogP contribution in [0.15, 0.2) is 60.7 Å². The van der Waals surface area contributed by atoms with E-state index in [4.69, 9.17) is 9.47 Å². The van der Waals surface area contributed by atoms with Crippen molar-refractivity contribution in [2.75, 3.05) is 0 Å². The molecule has 4 nitrogen and oxygen atoms in total. The number of ether oxygens (including phenoxy) is 2. The van der Waals surface area contributed by atoms with E-state index in [2.05, 4.69) is 13.0 Å². The summed E-state index contributed by atoms with van der Waals surface area (Å²) in [5, 5.41) is 9.64. The van der Waals surface area contributed by atoms with E-state index < -0.39 is 0 Å². The molecule has 0 saturated carbocycles. The standard InChI is InChI=1S/C23H20O4/c1-14-4-3-5-21(15(14)2)26-18-9-6-16(7-10-18)20-13-23(25)27-22-12-17(24)8-11-19(20)22/h3-12,20,24H,13H2,1-2H3. The second-order valence-corrected chi connectivity index (χ2v) is 6.82. The summed E-state index contributed by atoms with van der Waals surface area (Å²) in [4.78, 5) is 12.0. The van der Waals surface area contributed by atoms with Crippen LogP contribution in [0.2, 0.25) is 0 Å². The average Bonchev–Trinajstić information content (AvgIpc) is 2.65. The van der Waals surface area contributed by atoms with Crippen molar-refractivity contribution in [3.05, 3.63) is 82.9 Å². The zero-order chi connectivity index (χ0) is 19.0. The molecule has 0 aliphatic carbocycles. The van der Waals surface area contributed by atoms with Gasteiger partial charge in [0.25, 0.3) is 0 Å². The van der Waals surface area contributed by atoms with Crippen LogP contribution >= 0.6 is 0 Å². The minimum Gasteiger partial charge on any atom is -0.508 e. The van der Waals surface area contributed by atoms with Gasteiger partial charge >= 0.3 is 5.97 Å². The molecule has 1 atom stereocenters.